The number of aromatic hydroxyl groups is 1. The van der Waals surface area contributed by atoms with Crippen molar-refractivity contribution in [3.05, 3.63) is 45.6 Å². The van der Waals surface area contributed by atoms with E-state index in [9.17, 15) is 9.90 Å². The van der Waals surface area contributed by atoms with Crippen molar-refractivity contribution in [2.45, 2.75) is 26.2 Å². The minimum Gasteiger partial charge on any atom is -0.504 e. The number of phenols is 1. The number of carbonyl (C=O) groups excluding carboxylic acids is 1. The highest BCUT2D eigenvalue weighted by molar-refractivity contribution is 7.12. The molecule has 4 nitrogen and oxygen atoms in total. The number of amides is 1. The molecule has 1 atom stereocenters. The zero-order valence-corrected chi connectivity index (χ0v) is 13.9. The molecule has 0 spiro atoms. The average molecular weight is 319 g/mol. The molecule has 0 bridgehead atoms. The van der Waals surface area contributed by atoms with E-state index in [2.05, 4.69) is 5.32 Å². The number of aryl methyl sites for hydroxylation is 1. The third-order valence-corrected chi connectivity index (χ3v) is 4.72. The summed E-state index contributed by atoms with van der Waals surface area (Å²) in [7, 11) is 1.52. The van der Waals surface area contributed by atoms with Crippen molar-refractivity contribution in [1.29, 1.82) is 0 Å². The lowest BCUT2D eigenvalue weighted by atomic mass is 10.1. The summed E-state index contributed by atoms with van der Waals surface area (Å²) in [6.07, 6.45) is 0.693. The third-order valence-electron chi connectivity index (χ3n) is 3.54. The highest BCUT2D eigenvalue weighted by Crippen LogP contribution is 2.26. The molecule has 1 aromatic carbocycles. The maximum absolute atomic E-state index is 12.2. The molecule has 0 aliphatic rings. The van der Waals surface area contributed by atoms with Gasteiger partial charge in [-0.25, -0.2) is 0 Å². The Morgan fingerprint density at radius 3 is 2.77 bits per heavy atom. The van der Waals surface area contributed by atoms with Crippen LogP contribution < -0.4 is 10.1 Å². The van der Waals surface area contributed by atoms with Gasteiger partial charge in [0.25, 0.3) is 0 Å². The molecule has 2 aromatic rings. The normalized spacial score (nSPS) is 12.0. The molecule has 1 amide bonds. The summed E-state index contributed by atoms with van der Waals surface area (Å²) in [5.41, 5.74) is 1.01. The Morgan fingerprint density at radius 1 is 1.36 bits per heavy atom. The second kappa shape index (κ2) is 7.31. The van der Waals surface area contributed by atoms with Crippen LogP contribution in [0.15, 0.2) is 30.3 Å². The molecule has 0 saturated carbocycles. The summed E-state index contributed by atoms with van der Waals surface area (Å²) in [4.78, 5) is 14.4. The summed E-state index contributed by atoms with van der Waals surface area (Å²) in [6.45, 7) is 4.52. The Hall–Kier alpha value is -2.01. The fourth-order valence-electron chi connectivity index (χ4n) is 2.18. The zero-order valence-electron chi connectivity index (χ0n) is 13.1. The lowest BCUT2D eigenvalue weighted by Crippen LogP contribution is -2.29. The van der Waals surface area contributed by atoms with Crippen LogP contribution in [0.3, 0.4) is 0 Å². The predicted molar refractivity (Wildman–Crippen MR) is 88.8 cm³/mol. The van der Waals surface area contributed by atoms with Gasteiger partial charge in [-0.05, 0) is 50.1 Å². The molecular formula is C17H21NO3S. The lowest BCUT2D eigenvalue weighted by Gasteiger charge is -2.11. The van der Waals surface area contributed by atoms with E-state index in [-0.39, 0.29) is 17.6 Å². The van der Waals surface area contributed by atoms with Crippen LogP contribution in [0, 0.1) is 6.92 Å². The summed E-state index contributed by atoms with van der Waals surface area (Å²) >= 11 is 1.66. The Balaban J connectivity index is 1.86. The monoisotopic (exact) mass is 319 g/mol. The van der Waals surface area contributed by atoms with Gasteiger partial charge in [-0.2, -0.15) is 0 Å². The number of benzene rings is 1. The van der Waals surface area contributed by atoms with E-state index in [4.69, 9.17) is 4.74 Å². The van der Waals surface area contributed by atoms with Gasteiger partial charge in [0.15, 0.2) is 11.5 Å². The first kappa shape index (κ1) is 16.4. The van der Waals surface area contributed by atoms with E-state index in [0.29, 0.717) is 18.7 Å². The molecular weight excluding hydrogens is 298 g/mol. The van der Waals surface area contributed by atoms with Crippen molar-refractivity contribution in [1.82, 2.24) is 5.32 Å². The van der Waals surface area contributed by atoms with Gasteiger partial charge in [-0.1, -0.05) is 6.07 Å². The molecule has 0 unspecified atom stereocenters. The van der Waals surface area contributed by atoms with Gasteiger partial charge < -0.3 is 15.2 Å². The summed E-state index contributed by atoms with van der Waals surface area (Å²) < 4.78 is 5.08. The number of nitrogens with one attached hydrogen (secondary N) is 1. The Kier molecular flexibility index (Phi) is 5.44. The summed E-state index contributed by atoms with van der Waals surface area (Å²) in [6, 6.07) is 9.26. The minimum atomic E-state index is -0.131. The second-order valence-corrected chi connectivity index (χ2v) is 6.54. The number of ether oxygens (including phenoxy) is 1. The molecule has 2 N–H and O–H groups in total. The molecule has 0 fully saturated rings. The topological polar surface area (TPSA) is 58.6 Å². The van der Waals surface area contributed by atoms with Crippen LogP contribution in [0.25, 0.3) is 0 Å². The SMILES string of the molecule is COc1cc(CCNC(=O)[C@@H](C)c2ccc(C)s2)ccc1O. The molecule has 0 saturated heterocycles. The van der Waals surface area contributed by atoms with Crippen LogP contribution in [0.2, 0.25) is 0 Å². The smallest absolute Gasteiger partial charge is 0.228 e. The quantitative estimate of drug-likeness (QED) is 0.859. The standard InChI is InChI=1S/C17H21NO3S/c1-11-4-7-16(22-11)12(2)17(20)18-9-8-13-5-6-14(19)15(10-13)21-3/h4-7,10,12,19H,8-9H2,1-3H3,(H,18,20)/t12-/m0/s1. The molecule has 0 radical (unpaired) electrons. The molecule has 1 heterocycles. The zero-order chi connectivity index (χ0) is 16.1. The fraction of sp³-hybridized carbons (Fsp3) is 0.353. The molecule has 0 aliphatic carbocycles. The Bertz CT molecular complexity index is 651. The van der Waals surface area contributed by atoms with Crippen molar-refractivity contribution in [3.63, 3.8) is 0 Å². The van der Waals surface area contributed by atoms with Crippen molar-refractivity contribution in [2.24, 2.45) is 0 Å². The predicted octanol–water partition coefficient (Wildman–Crippen LogP) is 3.23. The van der Waals surface area contributed by atoms with Gasteiger partial charge in [0.1, 0.15) is 0 Å². The molecule has 5 heteroatoms. The maximum Gasteiger partial charge on any atom is 0.228 e. The number of carbonyl (C=O) groups is 1. The van der Waals surface area contributed by atoms with Gasteiger partial charge in [0.05, 0.1) is 13.0 Å². The average Bonchev–Trinajstić information content (AvgIpc) is 2.94. The van der Waals surface area contributed by atoms with E-state index in [1.165, 1.54) is 12.0 Å². The van der Waals surface area contributed by atoms with E-state index < -0.39 is 0 Å². The van der Waals surface area contributed by atoms with Crippen LogP contribution in [0.4, 0.5) is 0 Å². The Labute approximate surface area is 134 Å². The van der Waals surface area contributed by atoms with E-state index in [0.717, 1.165) is 10.4 Å². The van der Waals surface area contributed by atoms with Crippen molar-refractivity contribution >= 4 is 17.2 Å². The number of phenolic OH excluding ortho intramolecular Hbond substituents is 1. The fourth-order valence-corrected chi connectivity index (χ4v) is 3.10. The number of rotatable bonds is 6. The summed E-state index contributed by atoms with van der Waals surface area (Å²) in [5.74, 6) is 0.476. The van der Waals surface area contributed by atoms with E-state index in [1.807, 2.05) is 32.0 Å². The molecule has 0 aliphatic heterocycles. The van der Waals surface area contributed by atoms with Crippen molar-refractivity contribution in [2.75, 3.05) is 13.7 Å². The largest absolute Gasteiger partial charge is 0.504 e. The van der Waals surface area contributed by atoms with Crippen molar-refractivity contribution in [3.8, 4) is 11.5 Å². The van der Waals surface area contributed by atoms with Crippen molar-refractivity contribution < 1.29 is 14.6 Å². The van der Waals surface area contributed by atoms with Crippen LogP contribution in [0.1, 0.15) is 28.2 Å². The molecule has 22 heavy (non-hydrogen) atoms. The first-order valence-corrected chi connectivity index (χ1v) is 8.03. The number of hydrogen-bond donors (Lipinski definition) is 2. The third kappa shape index (κ3) is 4.01. The van der Waals surface area contributed by atoms with Crippen LogP contribution in [-0.2, 0) is 11.2 Å². The highest BCUT2D eigenvalue weighted by atomic mass is 32.1. The molecule has 2 rings (SSSR count). The maximum atomic E-state index is 12.2. The van der Waals surface area contributed by atoms with Crippen LogP contribution >= 0.6 is 11.3 Å². The van der Waals surface area contributed by atoms with Crippen LogP contribution in [0.5, 0.6) is 11.5 Å². The summed E-state index contributed by atoms with van der Waals surface area (Å²) in [5, 5.41) is 12.5. The number of methoxy groups -OCH3 is 1. The number of hydrogen-bond acceptors (Lipinski definition) is 4. The van der Waals surface area contributed by atoms with Crippen LogP contribution in [-0.4, -0.2) is 24.7 Å². The van der Waals surface area contributed by atoms with Gasteiger partial charge in [0, 0.05) is 16.3 Å². The first-order chi connectivity index (χ1) is 10.5. The molecule has 1 aromatic heterocycles. The second-order valence-electron chi connectivity index (χ2n) is 5.22. The minimum absolute atomic E-state index is 0.0348. The lowest BCUT2D eigenvalue weighted by molar-refractivity contribution is -0.122. The number of thiophene rings is 1. The van der Waals surface area contributed by atoms with Gasteiger partial charge in [-0.15, -0.1) is 11.3 Å². The van der Waals surface area contributed by atoms with Gasteiger partial charge in [0.2, 0.25) is 5.91 Å². The van der Waals surface area contributed by atoms with Gasteiger partial charge >= 0.3 is 0 Å². The first-order valence-electron chi connectivity index (χ1n) is 7.21. The van der Waals surface area contributed by atoms with E-state index >= 15 is 0 Å². The Morgan fingerprint density at radius 2 is 2.14 bits per heavy atom. The van der Waals surface area contributed by atoms with Gasteiger partial charge in [-0.3, -0.25) is 4.79 Å². The van der Waals surface area contributed by atoms with E-state index in [1.54, 1.807) is 23.5 Å². The highest BCUT2D eigenvalue weighted by Gasteiger charge is 2.16. The molecule has 118 valence electrons.